The number of pyridine rings is 1. The van der Waals surface area contributed by atoms with Gasteiger partial charge in [-0.2, -0.15) is 0 Å². The van der Waals surface area contributed by atoms with E-state index >= 15 is 0 Å². The van der Waals surface area contributed by atoms with Crippen LogP contribution in [0.2, 0.25) is 5.82 Å². The van der Waals surface area contributed by atoms with Crippen LogP contribution < -0.4 is 9.97 Å². The lowest BCUT2D eigenvalue weighted by Gasteiger charge is -2.33. The lowest BCUT2D eigenvalue weighted by Crippen LogP contribution is -2.58. The molecule has 4 amide bonds. The highest BCUT2D eigenvalue weighted by atomic mass is 19.1. The van der Waals surface area contributed by atoms with Crippen molar-refractivity contribution < 1.29 is 48.3 Å². The van der Waals surface area contributed by atoms with Crippen LogP contribution in [0.15, 0.2) is 30.5 Å². The van der Waals surface area contributed by atoms with Gasteiger partial charge in [0.05, 0.1) is 11.8 Å². The Kier molecular flexibility index (Phi) is 7.81. The molecular weight excluding hydrogens is 518 g/mol. The van der Waals surface area contributed by atoms with Crippen LogP contribution in [-0.2, 0) is 20.8 Å². The number of benzene rings is 1. The van der Waals surface area contributed by atoms with Crippen molar-refractivity contribution in [3.8, 4) is 11.5 Å². The Hall–Kier alpha value is -4.53. The summed E-state index contributed by atoms with van der Waals surface area (Å²) in [7, 11) is -1.60. The molecule has 1 aromatic carbocycles. The van der Waals surface area contributed by atoms with E-state index in [0.29, 0.717) is 16.5 Å². The van der Waals surface area contributed by atoms with E-state index in [1.165, 1.54) is 17.0 Å². The van der Waals surface area contributed by atoms with E-state index in [2.05, 4.69) is 10.3 Å². The van der Waals surface area contributed by atoms with E-state index < -0.39 is 72.3 Å². The summed E-state index contributed by atoms with van der Waals surface area (Å²) in [6, 6.07) is 2.15. The molecule has 4 N–H and O–H groups in total. The Balaban J connectivity index is 1.58. The third-order valence-electron chi connectivity index (χ3n) is 6.57. The zero-order valence-electron chi connectivity index (χ0n) is 20.7. The Bertz CT molecular complexity index is 1360. The zero-order valence-corrected chi connectivity index (χ0v) is 20.7. The molecule has 0 unspecified atom stereocenters. The first kappa shape index (κ1) is 27.5. The number of ketones is 1. The minimum absolute atomic E-state index is 0.0292. The summed E-state index contributed by atoms with van der Waals surface area (Å²) in [6.07, 6.45) is 0.421. The molecule has 39 heavy (non-hydrogen) atoms. The number of carboxylic acid groups (broad SMARTS) is 1. The van der Waals surface area contributed by atoms with Crippen LogP contribution in [0, 0.1) is 5.82 Å². The van der Waals surface area contributed by atoms with Crippen molar-refractivity contribution in [1.82, 2.24) is 20.1 Å². The summed E-state index contributed by atoms with van der Waals surface area (Å²) in [4.78, 5) is 68.2. The molecule has 0 radical (unpaired) electrons. The van der Waals surface area contributed by atoms with Gasteiger partial charge in [0.25, 0.3) is 0 Å². The van der Waals surface area contributed by atoms with Crippen molar-refractivity contribution in [3.63, 3.8) is 0 Å². The summed E-state index contributed by atoms with van der Waals surface area (Å²) in [5, 5.41) is 31.7. The molecule has 0 saturated carbocycles. The lowest BCUT2D eigenvalue weighted by molar-refractivity contribution is -0.153. The number of carboxylic acids is 1. The Labute approximate surface area is 221 Å². The third kappa shape index (κ3) is 5.52. The van der Waals surface area contributed by atoms with Crippen molar-refractivity contribution in [2.75, 3.05) is 19.6 Å². The first-order chi connectivity index (χ1) is 18.5. The predicted molar refractivity (Wildman–Crippen MR) is 130 cm³/mol. The molecule has 15 heteroatoms. The molecule has 1 fully saturated rings. The quantitative estimate of drug-likeness (QED) is 0.284. The molecule has 2 aliphatic heterocycles. The number of piperazine rings is 1. The van der Waals surface area contributed by atoms with Crippen LogP contribution in [0.3, 0.4) is 0 Å². The maximum absolute atomic E-state index is 14.8. The number of para-hydroxylation sites is 1. The summed E-state index contributed by atoms with van der Waals surface area (Å²) in [5.74, 6) is -6.71. The number of fused-ring (bicyclic) bond motifs is 1. The molecule has 2 aromatic rings. The van der Waals surface area contributed by atoms with E-state index in [-0.39, 0.29) is 37.4 Å². The van der Waals surface area contributed by atoms with Gasteiger partial charge in [-0.15, -0.1) is 0 Å². The van der Waals surface area contributed by atoms with E-state index in [9.17, 15) is 43.6 Å². The van der Waals surface area contributed by atoms with Gasteiger partial charge in [0, 0.05) is 37.9 Å². The van der Waals surface area contributed by atoms with Crippen molar-refractivity contribution in [3.05, 3.63) is 53.1 Å². The second-order valence-corrected chi connectivity index (χ2v) is 9.03. The minimum atomic E-state index is -1.76. The van der Waals surface area contributed by atoms with Crippen molar-refractivity contribution in [2.24, 2.45) is 0 Å². The molecular formula is C24H24BFN4O9. The molecule has 2 aliphatic rings. The van der Waals surface area contributed by atoms with Crippen LogP contribution in [0.5, 0.6) is 11.5 Å². The lowest BCUT2D eigenvalue weighted by atomic mass is 9.64. The minimum Gasteiger partial charge on any atom is -0.535 e. The number of nitrogens with one attached hydrogen (secondary N) is 1. The van der Waals surface area contributed by atoms with Crippen LogP contribution in [0.4, 0.5) is 9.18 Å². The number of nitrogens with zero attached hydrogens (tertiary/aromatic N) is 3. The van der Waals surface area contributed by atoms with Gasteiger partial charge in [0.2, 0.25) is 0 Å². The number of aromatic carboxylic acids is 1. The molecule has 4 rings (SSSR count). The second-order valence-electron chi connectivity index (χ2n) is 9.03. The first-order valence-corrected chi connectivity index (χ1v) is 12.0. The monoisotopic (exact) mass is 542 g/mol. The number of hydrogen-bond donors (Lipinski definition) is 4. The number of imide groups is 1. The standard InChI is InChI=1S/C24H24BFN4O9/c1-2-29-6-7-30(22(34)21(29)33)24(37)28-19(18-16(26)10-14(31)11-27-18)17(32)9-13-8-12-4-3-5-15(23(35)36)20(12)39-25(13)38/h3-5,10-11,13,19,31,38H,2,6-9H2,1H3,(H,28,37)(H,35,36)/t13-,19-/m1/s1. The molecule has 1 saturated heterocycles. The van der Waals surface area contributed by atoms with Gasteiger partial charge in [-0.1, -0.05) is 12.1 Å². The Morgan fingerprint density at radius 2 is 2.00 bits per heavy atom. The highest BCUT2D eigenvalue weighted by Gasteiger charge is 2.41. The number of carbonyl (C=O) groups is 5. The fourth-order valence-corrected chi connectivity index (χ4v) is 4.53. The highest BCUT2D eigenvalue weighted by molar-refractivity contribution is 6.47. The number of aromatic nitrogens is 1. The van der Waals surface area contributed by atoms with Crippen LogP contribution >= 0.6 is 0 Å². The van der Waals surface area contributed by atoms with Gasteiger partial charge in [0.15, 0.2) is 11.6 Å². The molecule has 0 spiro atoms. The van der Waals surface area contributed by atoms with Gasteiger partial charge in [-0.3, -0.25) is 24.3 Å². The van der Waals surface area contributed by atoms with E-state index in [1.54, 1.807) is 13.0 Å². The SMILES string of the molecule is CCN1CCN(C(=O)N[C@H](C(=O)C[C@H]2Cc3cccc(C(=O)O)c3OB2O)c2ncc(O)cc2F)C(=O)C1=O. The Morgan fingerprint density at radius 3 is 2.67 bits per heavy atom. The van der Waals surface area contributed by atoms with Crippen LogP contribution in [-0.4, -0.2) is 86.4 Å². The highest BCUT2D eigenvalue weighted by Crippen LogP contribution is 2.37. The summed E-state index contributed by atoms with van der Waals surface area (Å²) in [5.41, 5.74) is -0.304. The van der Waals surface area contributed by atoms with Gasteiger partial charge < -0.3 is 30.1 Å². The second kappa shape index (κ2) is 11.1. The van der Waals surface area contributed by atoms with Gasteiger partial charge in [-0.05, 0) is 25.0 Å². The van der Waals surface area contributed by atoms with Crippen LogP contribution in [0.1, 0.15) is 41.0 Å². The number of rotatable bonds is 7. The number of likely N-dealkylation sites (N-methyl/N-ethyl adjacent to an activating group) is 1. The van der Waals surface area contributed by atoms with E-state index in [1.807, 2.05) is 0 Å². The first-order valence-electron chi connectivity index (χ1n) is 12.0. The normalized spacial score (nSPS) is 17.8. The van der Waals surface area contributed by atoms with Crippen LogP contribution in [0.25, 0.3) is 0 Å². The topological polar surface area (TPSA) is 187 Å². The number of aromatic hydroxyl groups is 1. The number of amides is 4. The van der Waals surface area contributed by atoms with Crippen molar-refractivity contribution in [2.45, 2.75) is 31.6 Å². The maximum Gasteiger partial charge on any atom is 0.526 e. The molecule has 2 atom stereocenters. The molecule has 0 aliphatic carbocycles. The van der Waals surface area contributed by atoms with E-state index in [4.69, 9.17) is 4.65 Å². The molecule has 204 valence electrons. The molecule has 0 bridgehead atoms. The van der Waals surface area contributed by atoms with Crippen molar-refractivity contribution >= 4 is 36.7 Å². The van der Waals surface area contributed by atoms with Gasteiger partial charge in [-0.25, -0.2) is 14.0 Å². The molecule has 13 nitrogen and oxygen atoms in total. The fourth-order valence-electron chi connectivity index (χ4n) is 4.53. The fraction of sp³-hybridized carbons (Fsp3) is 0.333. The summed E-state index contributed by atoms with van der Waals surface area (Å²) >= 11 is 0. The number of carbonyl (C=O) groups excluding carboxylic acids is 4. The molecule has 1 aromatic heterocycles. The summed E-state index contributed by atoms with van der Waals surface area (Å²) < 4.78 is 20.2. The van der Waals surface area contributed by atoms with Gasteiger partial charge >= 0.3 is 30.9 Å². The average Bonchev–Trinajstić information content (AvgIpc) is 2.89. The Morgan fingerprint density at radius 1 is 1.26 bits per heavy atom. The van der Waals surface area contributed by atoms with E-state index in [0.717, 1.165) is 6.20 Å². The smallest absolute Gasteiger partial charge is 0.526 e. The number of halogens is 1. The largest absolute Gasteiger partial charge is 0.535 e. The number of urea groups is 1. The number of hydrogen-bond acceptors (Lipinski definition) is 9. The molecule has 3 heterocycles. The maximum atomic E-state index is 14.8. The zero-order chi connectivity index (χ0) is 28.4. The third-order valence-corrected chi connectivity index (χ3v) is 6.57. The summed E-state index contributed by atoms with van der Waals surface area (Å²) in [6.45, 7) is 1.84. The average molecular weight is 542 g/mol. The van der Waals surface area contributed by atoms with Crippen molar-refractivity contribution in [1.29, 1.82) is 0 Å². The number of Topliss-reactive ketones (excluding diaryl/α,β-unsaturated/α-hetero) is 1. The van der Waals surface area contributed by atoms with Gasteiger partial charge in [0.1, 0.15) is 23.2 Å². The predicted octanol–water partition coefficient (Wildman–Crippen LogP) is 0.511.